The Morgan fingerprint density at radius 2 is 2.08 bits per heavy atom. The largest absolute Gasteiger partial charge is 0.491 e. The van der Waals surface area contributed by atoms with E-state index in [0.717, 1.165) is 16.9 Å². The van der Waals surface area contributed by atoms with E-state index in [1.165, 1.54) is 7.11 Å². The Hall–Kier alpha value is -2.86. The fourth-order valence-electron chi connectivity index (χ4n) is 2.93. The summed E-state index contributed by atoms with van der Waals surface area (Å²) in [6.45, 7) is 3.32. The van der Waals surface area contributed by atoms with Gasteiger partial charge in [-0.1, -0.05) is 17.7 Å². The Morgan fingerprint density at radius 3 is 2.85 bits per heavy atom. The lowest BCUT2D eigenvalue weighted by Gasteiger charge is -2.20. The number of carbonyl (C=O) groups is 2. The van der Waals surface area contributed by atoms with Crippen LogP contribution in [0.15, 0.2) is 42.5 Å². The minimum Gasteiger partial charge on any atom is -0.491 e. The van der Waals surface area contributed by atoms with Gasteiger partial charge in [-0.25, -0.2) is 0 Å². The summed E-state index contributed by atoms with van der Waals surface area (Å²) in [4.78, 5) is 26.3. The van der Waals surface area contributed by atoms with E-state index in [4.69, 9.17) is 9.47 Å². The number of rotatable bonds is 4. The van der Waals surface area contributed by atoms with Crippen LogP contribution >= 0.6 is 0 Å². The number of ether oxygens (including phenoxy) is 2. The van der Waals surface area contributed by atoms with Crippen LogP contribution in [0.1, 0.15) is 21.5 Å². The molecule has 0 aliphatic carbocycles. The number of anilines is 1. The zero-order valence-electron chi connectivity index (χ0n) is 15.0. The maximum atomic E-state index is 12.8. The predicted octanol–water partition coefficient (Wildman–Crippen LogP) is 2.61. The van der Waals surface area contributed by atoms with E-state index >= 15 is 0 Å². The molecule has 6 heteroatoms. The first kappa shape index (κ1) is 17.9. The smallest absolute Gasteiger partial charge is 0.254 e. The number of benzene rings is 2. The maximum absolute atomic E-state index is 12.8. The molecule has 0 unspecified atom stereocenters. The summed E-state index contributed by atoms with van der Waals surface area (Å²) in [6, 6.07) is 13.0. The highest BCUT2D eigenvalue weighted by molar-refractivity contribution is 5.94. The quantitative estimate of drug-likeness (QED) is 0.916. The van der Waals surface area contributed by atoms with Gasteiger partial charge >= 0.3 is 0 Å². The lowest BCUT2D eigenvalue weighted by molar-refractivity contribution is -0.119. The molecule has 2 aromatic carbocycles. The summed E-state index contributed by atoms with van der Waals surface area (Å²) >= 11 is 0. The lowest BCUT2D eigenvalue weighted by atomic mass is 10.1. The van der Waals surface area contributed by atoms with Gasteiger partial charge < -0.3 is 19.7 Å². The summed E-state index contributed by atoms with van der Waals surface area (Å²) in [5, 5.41) is 2.77. The van der Waals surface area contributed by atoms with E-state index in [1.807, 2.05) is 43.3 Å². The third kappa shape index (κ3) is 4.21. The molecule has 6 nitrogen and oxygen atoms in total. The van der Waals surface area contributed by atoms with Gasteiger partial charge in [0.05, 0.1) is 6.54 Å². The molecule has 0 fully saturated rings. The fourth-order valence-corrected chi connectivity index (χ4v) is 2.93. The highest BCUT2D eigenvalue weighted by Gasteiger charge is 2.21. The molecule has 0 saturated carbocycles. The Morgan fingerprint density at radius 1 is 1.23 bits per heavy atom. The molecule has 2 amide bonds. The van der Waals surface area contributed by atoms with Gasteiger partial charge in [0.25, 0.3) is 5.91 Å². The van der Waals surface area contributed by atoms with Crippen LogP contribution in [0, 0.1) is 6.92 Å². The van der Waals surface area contributed by atoms with E-state index in [9.17, 15) is 9.59 Å². The van der Waals surface area contributed by atoms with Crippen LogP contribution in [0.25, 0.3) is 0 Å². The van der Waals surface area contributed by atoms with Gasteiger partial charge in [0.2, 0.25) is 5.91 Å². The molecule has 0 aromatic heterocycles. The average Bonchev–Trinajstić information content (AvgIpc) is 2.83. The first-order valence-corrected chi connectivity index (χ1v) is 8.47. The summed E-state index contributed by atoms with van der Waals surface area (Å²) in [5.41, 5.74) is 3.22. The summed E-state index contributed by atoms with van der Waals surface area (Å²) in [7, 11) is 1.47. The zero-order chi connectivity index (χ0) is 18.5. The van der Waals surface area contributed by atoms with Crippen molar-refractivity contribution >= 4 is 17.5 Å². The molecule has 0 spiro atoms. The number of fused-ring (bicyclic) bond motifs is 1. The summed E-state index contributed by atoms with van der Waals surface area (Å²) in [6.07, 6.45) is 0. The number of hydrogen-bond donors (Lipinski definition) is 1. The lowest BCUT2D eigenvalue weighted by Crippen LogP contribution is -2.32. The fraction of sp³-hybridized carbons (Fsp3) is 0.300. The third-order valence-electron chi connectivity index (χ3n) is 4.15. The van der Waals surface area contributed by atoms with E-state index in [2.05, 4.69) is 5.32 Å². The molecule has 0 bridgehead atoms. The van der Waals surface area contributed by atoms with Crippen molar-refractivity contribution in [3.8, 4) is 5.75 Å². The highest BCUT2D eigenvalue weighted by atomic mass is 16.5. The van der Waals surface area contributed by atoms with Crippen LogP contribution in [0.2, 0.25) is 0 Å². The molecule has 26 heavy (non-hydrogen) atoms. The van der Waals surface area contributed by atoms with Gasteiger partial charge in [-0.3, -0.25) is 9.59 Å². The van der Waals surface area contributed by atoms with Crippen LogP contribution in [-0.4, -0.2) is 43.6 Å². The molecule has 1 aliphatic heterocycles. The van der Waals surface area contributed by atoms with Gasteiger partial charge in [-0.15, -0.1) is 0 Å². The van der Waals surface area contributed by atoms with Crippen LogP contribution in [-0.2, 0) is 16.1 Å². The van der Waals surface area contributed by atoms with E-state index in [1.54, 1.807) is 11.0 Å². The van der Waals surface area contributed by atoms with Crippen LogP contribution in [0.5, 0.6) is 5.75 Å². The Kier molecular flexibility index (Phi) is 5.53. The summed E-state index contributed by atoms with van der Waals surface area (Å²) < 4.78 is 10.6. The van der Waals surface area contributed by atoms with Crippen LogP contribution in [0.4, 0.5) is 5.69 Å². The Balaban J connectivity index is 1.80. The molecule has 1 aliphatic rings. The van der Waals surface area contributed by atoms with Crippen molar-refractivity contribution in [2.75, 3.05) is 32.2 Å². The predicted molar refractivity (Wildman–Crippen MR) is 98.4 cm³/mol. The molecule has 1 heterocycles. The third-order valence-corrected chi connectivity index (χ3v) is 4.15. The number of aryl methyl sites for hydroxylation is 1. The average molecular weight is 354 g/mol. The monoisotopic (exact) mass is 354 g/mol. The van der Waals surface area contributed by atoms with E-state index in [0.29, 0.717) is 30.9 Å². The van der Waals surface area contributed by atoms with Gasteiger partial charge in [0, 0.05) is 30.5 Å². The van der Waals surface area contributed by atoms with Gasteiger partial charge in [-0.2, -0.15) is 0 Å². The summed E-state index contributed by atoms with van der Waals surface area (Å²) in [5.74, 6) is 0.475. The maximum Gasteiger partial charge on any atom is 0.254 e. The van der Waals surface area contributed by atoms with E-state index in [-0.39, 0.29) is 18.4 Å². The Bertz CT molecular complexity index is 819. The Labute approximate surface area is 152 Å². The first-order chi connectivity index (χ1) is 12.6. The molecular formula is C20H22N2O4. The van der Waals surface area contributed by atoms with Crippen molar-refractivity contribution in [3.63, 3.8) is 0 Å². The number of nitrogens with one attached hydrogen (secondary N) is 1. The molecular weight excluding hydrogens is 332 g/mol. The van der Waals surface area contributed by atoms with Crippen molar-refractivity contribution in [3.05, 3.63) is 59.2 Å². The van der Waals surface area contributed by atoms with Crippen molar-refractivity contribution in [1.82, 2.24) is 4.90 Å². The minimum atomic E-state index is -0.227. The standard InChI is InChI=1S/C20H22N2O4/c1-14-4-3-5-15(10-14)20(24)22-8-9-26-18-7-6-17(11-16(18)12-22)21-19(23)13-25-2/h3-7,10-11H,8-9,12-13H2,1-2H3,(H,21,23). The van der Waals surface area contributed by atoms with Crippen LogP contribution in [0.3, 0.4) is 0 Å². The molecule has 136 valence electrons. The molecule has 0 atom stereocenters. The first-order valence-electron chi connectivity index (χ1n) is 8.47. The second-order valence-electron chi connectivity index (χ2n) is 6.25. The highest BCUT2D eigenvalue weighted by Crippen LogP contribution is 2.27. The van der Waals surface area contributed by atoms with Crippen LogP contribution < -0.4 is 10.1 Å². The number of carbonyl (C=O) groups excluding carboxylic acids is 2. The van der Waals surface area contributed by atoms with Crippen molar-refractivity contribution < 1.29 is 19.1 Å². The number of methoxy groups -OCH3 is 1. The molecule has 1 N–H and O–H groups in total. The molecule has 2 aromatic rings. The minimum absolute atomic E-state index is 0.00838. The van der Waals surface area contributed by atoms with Crippen molar-refractivity contribution in [1.29, 1.82) is 0 Å². The normalized spacial score (nSPS) is 13.4. The molecule has 3 rings (SSSR count). The molecule has 0 saturated heterocycles. The van der Waals surface area contributed by atoms with Gasteiger partial charge in [-0.05, 0) is 37.3 Å². The SMILES string of the molecule is COCC(=O)Nc1ccc2c(c1)CN(C(=O)c1cccc(C)c1)CCO2. The molecule has 0 radical (unpaired) electrons. The van der Waals surface area contributed by atoms with Gasteiger partial charge in [0.15, 0.2) is 0 Å². The second-order valence-corrected chi connectivity index (χ2v) is 6.25. The number of amides is 2. The number of nitrogens with zero attached hydrogens (tertiary/aromatic N) is 1. The second kappa shape index (κ2) is 8.01. The van der Waals surface area contributed by atoms with Crippen molar-refractivity contribution in [2.45, 2.75) is 13.5 Å². The topological polar surface area (TPSA) is 67.9 Å². The number of hydrogen-bond acceptors (Lipinski definition) is 4. The van der Waals surface area contributed by atoms with E-state index < -0.39 is 0 Å². The van der Waals surface area contributed by atoms with Crippen molar-refractivity contribution in [2.24, 2.45) is 0 Å². The van der Waals surface area contributed by atoms with Gasteiger partial charge in [0.1, 0.15) is 19.0 Å². The zero-order valence-corrected chi connectivity index (χ0v) is 15.0.